The Kier molecular flexibility index (Phi) is 10.4. The molecule has 0 saturated carbocycles. The normalized spacial score (nSPS) is 10.9. The molecule has 0 atom stereocenters. The number of carbonyl (C=O) groups is 1. The van der Waals surface area contributed by atoms with E-state index in [1.807, 2.05) is 6.07 Å². The number of carbonyl (C=O) groups excluding carboxylic acids is 1. The summed E-state index contributed by atoms with van der Waals surface area (Å²) in [5, 5.41) is 3.17. The largest absolute Gasteiger partial charge is 0.495 e. The topological polar surface area (TPSA) is 160 Å². The van der Waals surface area contributed by atoms with E-state index in [9.17, 15) is 13.2 Å². The number of sulfonamides is 1. The van der Waals surface area contributed by atoms with Gasteiger partial charge in [0.15, 0.2) is 17.3 Å². The van der Waals surface area contributed by atoms with Crippen LogP contribution in [-0.4, -0.2) is 63.3 Å². The van der Waals surface area contributed by atoms with Crippen LogP contribution >= 0.6 is 0 Å². The van der Waals surface area contributed by atoms with Gasteiger partial charge in [0.05, 0.1) is 51.1 Å². The van der Waals surface area contributed by atoms with Crippen LogP contribution in [0.2, 0.25) is 0 Å². The zero-order valence-electron chi connectivity index (χ0n) is 24.9. The number of hydrogen-bond acceptors (Lipinski definition) is 12. The van der Waals surface area contributed by atoms with Crippen LogP contribution in [0, 0.1) is 0 Å². The first-order valence-electron chi connectivity index (χ1n) is 13.4. The molecule has 0 aliphatic carbocycles. The van der Waals surface area contributed by atoms with Crippen molar-refractivity contribution in [3.8, 4) is 29.0 Å². The number of nitrogens with zero attached hydrogens (tertiary/aromatic N) is 3. The highest BCUT2D eigenvalue weighted by atomic mass is 32.2. The summed E-state index contributed by atoms with van der Waals surface area (Å²) in [7, 11) is 2.28. The summed E-state index contributed by atoms with van der Waals surface area (Å²) in [6.07, 6.45) is 3.01. The molecule has 0 aliphatic heterocycles. The van der Waals surface area contributed by atoms with Crippen molar-refractivity contribution in [2.24, 2.45) is 0 Å². The zero-order chi connectivity index (χ0) is 31.7. The van der Waals surface area contributed by atoms with Crippen molar-refractivity contribution in [1.82, 2.24) is 15.0 Å². The molecule has 2 aromatic heterocycles. The summed E-state index contributed by atoms with van der Waals surface area (Å²) in [5.74, 6) is 0.968. The van der Waals surface area contributed by atoms with Crippen LogP contribution in [0.5, 0.6) is 29.0 Å². The number of methoxy groups -OCH3 is 4. The lowest BCUT2D eigenvalue weighted by Gasteiger charge is -2.16. The van der Waals surface area contributed by atoms with Gasteiger partial charge in [-0.15, -0.1) is 0 Å². The Morgan fingerprint density at radius 3 is 2.23 bits per heavy atom. The van der Waals surface area contributed by atoms with Crippen LogP contribution in [0.4, 0.5) is 11.5 Å². The van der Waals surface area contributed by atoms with Gasteiger partial charge in [0.25, 0.3) is 0 Å². The molecule has 2 aromatic carbocycles. The highest BCUT2D eigenvalue weighted by Crippen LogP contribution is 2.39. The van der Waals surface area contributed by atoms with Gasteiger partial charge in [-0.2, -0.15) is 4.98 Å². The molecule has 0 fully saturated rings. The summed E-state index contributed by atoms with van der Waals surface area (Å²) in [5.41, 5.74) is 2.02. The van der Waals surface area contributed by atoms with Crippen molar-refractivity contribution in [2.45, 2.75) is 20.1 Å². The van der Waals surface area contributed by atoms with Crippen LogP contribution in [0.15, 0.2) is 60.9 Å². The molecule has 0 saturated heterocycles. The molecule has 0 amide bonds. The van der Waals surface area contributed by atoms with E-state index in [2.05, 4.69) is 25.0 Å². The van der Waals surface area contributed by atoms with E-state index in [1.165, 1.54) is 53.7 Å². The van der Waals surface area contributed by atoms with E-state index in [0.29, 0.717) is 34.3 Å². The maximum absolute atomic E-state index is 13.8. The van der Waals surface area contributed by atoms with Crippen LogP contribution in [0.25, 0.3) is 0 Å². The van der Waals surface area contributed by atoms with Crippen LogP contribution < -0.4 is 33.7 Å². The third-order valence-electron chi connectivity index (χ3n) is 6.38. The fourth-order valence-electron chi connectivity index (χ4n) is 4.10. The molecule has 4 rings (SSSR count). The van der Waals surface area contributed by atoms with Crippen LogP contribution in [0.3, 0.4) is 0 Å². The molecule has 0 unspecified atom stereocenters. The first-order chi connectivity index (χ1) is 21.2. The minimum atomic E-state index is -3.56. The minimum Gasteiger partial charge on any atom is -0.495 e. The van der Waals surface area contributed by atoms with Crippen LogP contribution in [-0.2, 0) is 23.2 Å². The van der Waals surface area contributed by atoms with Crippen molar-refractivity contribution < 1.29 is 36.9 Å². The third kappa shape index (κ3) is 7.64. The lowest BCUT2D eigenvalue weighted by molar-refractivity contribution is 0.103. The zero-order valence-corrected chi connectivity index (χ0v) is 25.7. The highest BCUT2D eigenvalue weighted by molar-refractivity contribution is 7.92. The van der Waals surface area contributed by atoms with Crippen LogP contribution in [0.1, 0.15) is 34.1 Å². The number of ether oxygens (including phenoxy) is 5. The highest BCUT2D eigenvalue weighted by Gasteiger charge is 2.22. The molecule has 232 valence electrons. The van der Waals surface area contributed by atoms with Gasteiger partial charge >= 0.3 is 6.01 Å². The summed E-state index contributed by atoms with van der Waals surface area (Å²) in [6, 6.07) is 13.6. The number of benzene rings is 2. The van der Waals surface area contributed by atoms with E-state index < -0.39 is 15.8 Å². The van der Waals surface area contributed by atoms with Gasteiger partial charge in [-0.3, -0.25) is 14.5 Å². The third-order valence-corrected chi connectivity index (χ3v) is 7.67. The van der Waals surface area contributed by atoms with Crippen molar-refractivity contribution in [1.29, 1.82) is 0 Å². The summed E-state index contributed by atoms with van der Waals surface area (Å²) in [4.78, 5) is 26.8. The molecular formula is C30H33N5O8S. The fourth-order valence-corrected chi connectivity index (χ4v) is 4.74. The summed E-state index contributed by atoms with van der Waals surface area (Å²) < 4.78 is 54.3. The Morgan fingerprint density at radius 1 is 0.886 bits per heavy atom. The van der Waals surface area contributed by atoms with E-state index in [0.717, 1.165) is 0 Å². The lowest BCUT2D eigenvalue weighted by Crippen LogP contribution is -2.16. The second kappa shape index (κ2) is 14.4. The fraction of sp³-hybridized carbons (Fsp3) is 0.267. The maximum Gasteiger partial charge on any atom is 0.318 e. The van der Waals surface area contributed by atoms with Crippen molar-refractivity contribution in [2.75, 3.05) is 44.2 Å². The van der Waals surface area contributed by atoms with Crippen molar-refractivity contribution in [3.63, 3.8) is 0 Å². The van der Waals surface area contributed by atoms with E-state index >= 15 is 0 Å². The average molecular weight is 624 g/mol. The second-order valence-electron chi connectivity index (χ2n) is 9.16. The van der Waals surface area contributed by atoms with Gasteiger partial charge < -0.3 is 29.0 Å². The lowest BCUT2D eigenvalue weighted by atomic mass is 10.0. The molecule has 4 aromatic rings. The summed E-state index contributed by atoms with van der Waals surface area (Å²) >= 11 is 0. The number of rotatable bonds is 15. The van der Waals surface area contributed by atoms with Gasteiger partial charge in [0.1, 0.15) is 18.2 Å². The van der Waals surface area contributed by atoms with Gasteiger partial charge in [-0.05, 0) is 48.9 Å². The average Bonchev–Trinajstić information content (AvgIpc) is 3.05. The Labute approximate surface area is 255 Å². The number of anilines is 2. The molecule has 0 bridgehead atoms. The number of aromatic nitrogens is 3. The smallest absolute Gasteiger partial charge is 0.318 e. The molecule has 0 aliphatic rings. The second-order valence-corrected chi connectivity index (χ2v) is 11.2. The number of nitrogens with one attached hydrogen (secondary N) is 2. The Balaban J connectivity index is 1.69. The van der Waals surface area contributed by atoms with Crippen molar-refractivity contribution in [3.05, 3.63) is 83.3 Å². The van der Waals surface area contributed by atoms with Gasteiger partial charge in [0.2, 0.25) is 15.8 Å². The summed E-state index contributed by atoms with van der Waals surface area (Å²) in [6.45, 7) is 1.81. The minimum absolute atomic E-state index is 0.0192. The van der Waals surface area contributed by atoms with Gasteiger partial charge in [-0.25, -0.2) is 13.4 Å². The predicted octanol–water partition coefficient (Wildman–Crippen LogP) is 4.09. The molecular weight excluding hydrogens is 590 g/mol. The molecule has 0 spiro atoms. The van der Waals surface area contributed by atoms with Crippen molar-refractivity contribution >= 4 is 27.3 Å². The first-order valence-corrected chi connectivity index (χ1v) is 15.0. The molecule has 14 heteroatoms. The molecule has 2 heterocycles. The predicted molar refractivity (Wildman–Crippen MR) is 164 cm³/mol. The number of hydrogen-bond donors (Lipinski definition) is 2. The van der Waals surface area contributed by atoms with E-state index in [1.54, 1.807) is 36.5 Å². The van der Waals surface area contributed by atoms with Gasteiger partial charge in [-0.1, -0.05) is 12.1 Å². The maximum atomic E-state index is 13.8. The Hall–Kier alpha value is -5.11. The quantitative estimate of drug-likeness (QED) is 0.183. The van der Waals surface area contributed by atoms with Gasteiger partial charge in [0, 0.05) is 24.5 Å². The molecule has 0 radical (unpaired) electrons. The first kappa shape index (κ1) is 31.8. The van der Waals surface area contributed by atoms with E-state index in [-0.39, 0.29) is 47.5 Å². The Morgan fingerprint density at radius 2 is 1.61 bits per heavy atom. The molecule has 2 N–H and O–H groups in total. The molecule has 13 nitrogen and oxygen atoms in total. The number of ketones is 1. The van der Waals surface area contributed by atoms with E-state index in [4.69, 9.17) is 23.7 Å². The monoisotopic (exact) mass is 623 g/mol. The Bertz CT molecular complexity index is 1690. The number of pyridine rings is 1. The standard InChI is InChI=1S/C30H33N5O8S/c1-6-44(37,38)35-23-13-19(10-11-24(23)39-2)16-32-29-22(17-33-30(34-29)43-18-21-9-7-8-12-31-21)27(36)20-14-25(40-3)28(42-5)26(15-20)41-4/h7-15,17,35H,6,16,18H2,1-5H3,(H,32,33,34). The molecule has 44 heavy (non-hydrogen) atoms. The SMILES string of the molecule is CCS(=O)(=O)Nc1cc(CNc2nc(OCc3ccccn3)ncc2C(=O)c2cc(OC)c(OC)c(OC)c2)ccc1OC.